The van der Waals surface area contributed by atoms with Crippen LogP contribution in [0, 0.1) is 5.92 Å². The van der Waals surface area contributed by atoms with Crippen LogP contribution in [0.1, 0.15) is 18.4 Å². The van der Waals surface area contributed by atoms with E-state index in [-0.39, 0.29) is 0 Å². The van der Waals surface area contributed by atoms with Crippen LogP contribution in [0.15, 0.2) is 18.3 Å². The highest BCUT2D eigenvalue weighted by Gasteiger charge is 2.17. The van der Waals surface area contributed by atoms with Gasteiger partial charge in [0.25, 0.3) is 0 Å². The fourth-order valence-corrected chi connectivity index (χ4v) is 2.09. The zero-order chi connectivity index (χ0) is 12.1. The van der Waals surface area contributed by atoms with Gasteiger partial charge in [0.15, 0.2) is 0 Å². The van der Waals surface area contributed by atoms with Gasteiger partial charge >= 0.3 is 0 Å². The Morgan fingerprint density at radius 2 is 2.24 bits per heavy atom. The molecule has 0 amide bonds. The Labute approximate surface area is 103 Å². The van der Waals surface area contributed by atoms with Gasteiger partial charge in [0.2, 0.25) is 5.88 Å². The van der Waals surface area contributed by atoms with Crippen molar-refractivity contribution in [3.05, 3.63) is 23.9 Å². The third-order valence-corrected chi connectivity index (χ3v) is 3.34. The summed E-state index contributed by atoms with van der Waals surface area (Å²) in [5.74, 6) is 1.36. The largest absolute Gasteiger partial charge is 0.477 e. The normalized spacial score (nSPS) is 18.2. The standard InChI is InChI=1S/C13H21N3O/c1-16-6-3-11(4-7-16)10-17-13-8-12(9-14)2-5-15-13/h2,5,8,11H,3-4,6-7,9-10,14H2,1H3. The van der Waals surface area contributed by atoms with Crippen LogP contribution in [0.2, 0.25) is 0 Å². The summed E-state index contributed by atoms with van der Waals surface area (Å²) >= 11 is 0. The van der Waals surface area contributed by atoms with E-state index in [0.717, 1.165) is 12.2 Å². The van der Waals surface area contributed by atoms with E-state index in [0.29, 0.717) is 18.3 Å². The minimum absolute atomic E-state index is 0.535. The van der Waals surface area contributed by atoms with Crippen molar-refractivity contribution in [3.63, 3.8) is 0 Å². The van der Waals surface area contributed by atoms with E-state index < -0.39 is 0 Å². The first kappa shape index (κ1) is 12.3. The molecule has 1 aromatic rings. The molecule has 0 spiro atoms. The highest BCUT2D eigenvalue weighted by molar-refractivity contribution is 5.20. The predicted molar refractivity (Wildman–Crippen MR) is 67.8 cm³/mol. The Balaban J connectivity index is 1.81. The highest BCUT2D eigenvalue weighted by atomic mass is 16.5. The van der Waals surface area contributed by atoms with Gasteiger partial charge in [-0.05, 0) is 50.5 Å². The first-order valence-corrected chi connectivity index (χ1v) is 6.24. The maximum absolute atomic E-state index is 5.74. The monoisotopic (exact) mass is 235 g/mol. The number of pyridine rings is 1. The van der Waals surface area contributed by atoms with Crippen molar-refractivity contribution in [1.82, 2.24) is 9.88 Å². The van der Waals surface area contributed by atoms with Crippen LogP contribution < -0.4 is 10.5 Å². The Bertz CT molecular complexity index is 348. The molecular formula is C13H21N3O. The molecule has 1 aliphatic rings. The van der Waals surface area contributed by atoms with Crippen LogP contribution in [0.3, 0.4) is 0 Å². The van der Waals surface area contributed by atoms with E-state index in [1.165, 1.54) is 25.9 Å². The summed E-state index contributed by atoms with van der Waals surface area (Å²) in [6.07, 6.45) is 4.19. The first-order chi connectivity index (χ1) is 8.28. The average molecular weight is 235 g/mol. The Morgan fingerprint density at radius 3 is 2.94 bits per heavy atom. The van der Waals surface area contributed by atoms with E-state index in [1.807, 2.05) is 12.1 Å². The lowest BCUT2D eigenvalue weighted by Gasteiger charge is -2.28. The smallest absolute Gasteiger partial charge is 0.213 e. The molecule has 0 unspecified atom stereocenters. The fourth-order valence-electron chi connectivity index (χ4n) is 2.09. The molecule has 1 aliphatic heterocycles. The molecule has 0 saturated carbocycles. The first-order valence-electron chi connectivity index (χ1n) is 6.24. The number of nitrogens with two attached hydrogens (primary N) is 1. The van der Waals surface area contributed by atoms with Gasteiger partial charge in [0.05, 0.1) is 6.61 Å². The number of nitrogens with zero attached hydrogens (tertiary/aromatic N) is 2. The predicted octanol–water partition coefficient (Wildman–Crippen LogP) is 1.26. The number of hydrogen-bond acceptors (Lipinski definition) is 4. The fraction of sp³-hybridized carbons (Fsp3) is 0.615. The van der Waals surface area contributed by atoms with Crippen molar-refractivity contribution in [2.24, 2.45) is 11.7 Å². The molecule has 0 atom stereocenters. The summed E-state index contributed by atoms with van der Waals surface area (Å²) in [5, 5.41) is 0. The molecule has 17 heavy (non-hydrogen) atoms. The van der Waals surface area contributed by atoms with Gasteiger partial charge in [-0.25, -0.2) is 4.98 Å². The SMILES string of the molecule is CN1CCC(COc2cc(CN)ccn2)CC1. The van der Waals surface area contributed by atoms with E-state index in [4.69, 9.17) is 10.5 Å². The summed E-state index contributed by atoms with van der Waals surface area (Å²) in [6, 6.07) is 3.84. The third-order valence-electron chi connectivity index (χ3n) is 3.34. The molecule has 2 rings (SSSR count). The molecule has 94 valence electrons. The van der Waals surface area contributed by atoms with E-state index in [1.54, 1.807) is 6.20 Å². The second-order valence-electron chi connectivity index (χ2n) is 4.76. The summed E-state index contributed by atoms with van der Waals surface area (Å²) in [5.41, 5.74) is 6.65. The molecule has 1 fully saturated rings. The Hall–Kier alpha value is -1.13. The molecule has 2 N–H and O–H groups in total. The number of aromatic nitrogens is 1. The Kier molecular flexibility index (Phi) is 4.34. The second kappa shape index (κ2) is 5.98. The maximum Gasteiger partial charge on any atom is 0.213 e. The quantitative estimate of drug-likeness (QED) is 0.853. The van der Waals surface area contributed by atoms with Gasteiger partial charge in [0, 0.05) is 18.8 Å². The zero-order valence-corrected chi connectivity index (χ0v) is 10.4. The van der Waals surface area contributed by atoms with Gasteiger partial charge in [0.1, 0.15) is 0 Å². The lowest BCUT2D eigenvalue weighted by molar-refractivity contribution is 0.157. The minimum Gasteiger partial charge on any atom is -0.477 e. The molecular weight excluding hydrogens is 214 g/mol. The van der Waals surface area contributed by atoms with Gasteiger partial charge in [-0.1, -0.05) is 0 Å². The van der Waals surface area contributed by atoms with Gasteiger partial charge in [-0.2, -0.15) is 0 Å². The molecule has 4 heteroatoms. The van der Waals surface area contributed by atoms with Crippen LogP contribution >= 0.6 is 0 Å². The molecule has 0 radical (unpaired) electrons. The van der Waals surface area contributed by atoms with Gasteiger partial charge in [-0.15, -0.1) is 0 Å². The highest BCUT2D eigenvalue weighted by Crippen LogP contribution is 2.17. The number of likely N-dealkylation sites (tertiary alicyclic amines) is 1. The van der Waals surface area contributed by atoms with Crippen molar-refractivity contribution < 1.29 is 4.74 Å². The van der Waals surface area contributed by atoms with Crippen molar-refractivity contribution >= 4 is 0 Å². The lowest BCUT2D eigenvalue weighted by Crippen LogP contribution is -2.32. The number of rotatable bonds is 4. The molecule has 0 aliphatic carbocycles. The van der Waals surface area contributed by atoms with E-state index >= 15 is 0 Å². The van der Waals surface area contributed by atoms with Gasteiger partial charge < -0.3 is 15.4 Å². The van der Waals surface area contributed by atoms with E-state index in [2.05, 4.69) is 16.9 Å². The van der Waals surface area contributed by atoms with Gasteiger partial charge in [-0.3, -0.25) is 0 Å². The zero-order valence-electron chi connectivity index (χ0n) is 10.4. The van der Waals surface area contributed by atoms with Crippen LogP contribution in [0.4, 0.5) is 0 Å². The number of ether oxygens (including phenoxy) is 1. The van der Waals surface area contributed by atoms with Crippen molar-refractivity contribution in [3.8, 4) is 5.88 Å². The molecule has 1 aromatic heterocycles. The maximum atomic E-state index is 5.74. The molecule has 1 saturated heterocycles. The van der Waals surface area contributed by atoms with Crippen LogP contribution in [0.25, 0.3) is 0 Å². The Morgan fingerprint density at radius 1 is 1.47 bits per heavy atom. The third kappa shape index (κ3) is 3.68. The molecule has 4 nitrogen and oxygen atoms in total. The summed E-state index contributed by atoms with van der Waals surface area (Å²) < 4.78 is 5.74. The average Bonchev–Trinajstić information content (AvgIpc) is 2.38. The van der Waals surface area contributed by atoms with Crippen molar-refractivity contribution in [2.75, 3.05) is 26.7 Å². The molecule has 2 heterocycles. The molecule has 0 aromatic carbocycles. The van der Waals surface area contributed by atoms with Crippen molar-refractivity contribution in [1.29, 1.82) is 0 Å². The summed E-state index contributed by atoms with van der Waals surface area (Å²) in [6.45, 7) is 3.65. The van der Waals surface area contributed by atoms with E-state index in [9.17, 15) is 0 Å². The van der Waals surface area contributed by atoms with Crippen LogP contribution in [0.5, 0.6) is 5.88 Å². The number of hydrogen-bond donors (Lipinski definition) is 1. The molecule has 0 bridgehead atoms. The number of piperidine rings is 1. The second-order valence-corrected chi connectivity index (χ2v) is 4.76. The minimum atomic E-state index is 0.535. The topological polar surface area (TPSA) is 51.4 Å². The van der Waals surface area contributed by atoms with Crippen LogP contribution in [-0.2, 0) is 6.54 Å². The lowest BCUT2D eigenvalue weighted by atomic mass is 9.98. The van der Waals surface area contributed by atoms with Crippen molar-refractivity contribution in [2.45, 2.75) is 19.4 Å². The summed E-state index contributed by atoms with van der Waals surface area (Å²) in [7, 11) is 2.17. The van der Waals surface area contributed by atoms with Crippen LogP contribution in [-0.4, -0.2) is 36.6 Å². The summed E-state index contributed by atoms with van der Waals surface area (Å²) in [4.78, 5) is 6.56.